The second-order valence-corrected chi connectivity index (χ2v) is 8.85. The van der Waals surface area contributed by atoms with Gasteiger partial charge in [0, 0.05) is 6.54 Å². The molecular weight excluding hydrogens is 374 g/mol. The van der Waals surface area contributed by atoms with E-state index in [0.717, 1.165) is 49.4 Å². The van der Waals surface area contributed by atoms with Gasteiger partial charge in [-0.3, -0.25) is 4.90 Å². The van der Waals surface area contributed by atoms with Crippen LogP contribution in [0.4, 0.5) is 0 Å². The molecule has 3 atom stereocenters. The van der Waals surface area contributed by atoms with Gasteiger partial charge in [0.15, 0.2) is 23.2 Å². The van der Waals surface area contributed by atoms with Crippen LogP contribution in [0.15, 0.2) is 24.0 Å². The van der Waals surface area contributed by atoms with E-state index in [0.29, 0.717) is 5.76 Å². The summed E-state index contributed by atoms with van der Waals surface area (Å²) in [5.74, 6) is 1.36. The quantitative estimate of drug-likeness (QED) is 0.778. The molecule has 1 saturated heterocycles. The number of hydrogen-bond acceptors (Lipinski definition) is 7. The molecular formula is C22H27NO6. The molecule has 0 radical (unpaired) electrons. The molecule has 1 aliphatic carbocycles. The number of aliphatic hydroxyl groups is 1. The topological polar surface area (TPSA) is 77.5 Å². The van der Waals surface area contributed by atoms with Gasteiger partial charge in [0.25, 0.3) is 0 Å². The van der Waals surface area contributed by atoms with Crippen molar-refractivity contribution in [3.8, 4) is 11.5 Å². The standard InChI is InChI=1S/C22H27NO6/c1-21(2,25)20(24)29-19-17(26-3)11-22-6-4-7-23(22)8-5-13-9-15-16(28-12-27-15)10-14(13)18(19)22/h9-11,18-19,25H,4-8,12H2,1-3H3/t18-,19-,22+/m0/s1. The zero-order valence-corrected chi connectivity index (χ0v) is 17.1. The Labute approximate surface area is 170 Å². The molecule has 1 N–H and O–H groups in total. The molecule has 7 heteroatoms. The van der Waals surface area contributed by atoms with Crippen LogP contribution in [0.25, 0.3) is 0 Å². The summed E-state index contributed by atoms with van der Waals surface area (Å²) in [6.07, 6.45) is 4.49. The summed E-state index contributed by atoms with van der Waals surface area (Å²) in [4.78, 5) is 15.1. The summed E-state index contributed by atoms with van der Waals surface area (Å²) in [5.41, 5.74) is 0.444. The maximum absolute atomic E-state index is 12.6. The molecule has 3 aliphatic heterocycles. The minimum absolute atomic E-state index is 0.127. The van der Waals surface area contributed by atoms with Gasteiger partial charge < -0.3 is 24.1 Å². The van der Waals surface area contributed by atoms with E-state index in [1.165, 1.54) is 19.4 Å². The van der Waals surface area contributed by atoms with Gasteiger partial charge in [-0.15, -0.1) is 0 Å². The van der Waals surface area contributed by atoms with Crippen molar-refractivity contribution in [1.82, 2.24) is 4.90 Å². The first-order valence-electron chi connectivity index (χ1n) is 10.2. The van der Waals surface area contributed by atoms with Crippen LogP contribution >= 0.6 is 0 Å². The highest BCUT2D eigenvalue weighted by atomic mass is 16.7. The van der Waals surface area contributed by atoms with Crippen molar-refractivity contribution in [1.29, 1.82) is 0 Å². The van der Waals surface area contributed by atoms with Gasteiger partial charge in [-0.25, -0.2) is 4.79 Å². The maximum atomic E-state index is 12.6. The number of benzene rings is 1. The molecule has 29 heavy (non-hydrogen) atoms. The number of hydrogen-bond donors (Lipinski definition) is 1. The summed E-state index contributed by atoms with van der Waals surface area (Å²) in [6.45, 7) is 5.02. The molecule has 4 aliphatic rings. The number of rotatable bonds is 3. The normalized spacial score (nSPS) is 30.1. The SMILES string of the molecule is COC1=C[C@@]23CCCN2CCc2cc4c(cc2[C@H]3[C@H]1OC(=O)C(C)(C)O)OCO4. The number of carbonyl (C=O) groups is 1. The van der Waals surface area contributed by atoms with Crippen molar-refractivity contribution in [2.24, 2.45) is 0 Å². The molecule has 3 heterocycles. The van der Waals surface area contributed by atoms with Gasteiger partial charge in [0.05, 0.1) is 18.6 Å². The van der Waals surface area contributed by atoms with Crippen molar-refractivity contribution in [3.05, 3.63) is 35.1 Å². The molecule has 1 fully saturated rings. The van der Waals surface area contributed by atoms with E-state index in [-0.39, 0.29) is 18.2 Å². The maximum Gasteiger partial charge on any atom is 0.338 e. The highest BCUT2D eigenvalue weighted by molar-refractivity contribution is 5.78. The number of ether oxygens (including phenoxy) is 4. The fraction of sp³-hybridized carbons (Fsp3) is 0.591. The molecule has 0 unspecified atom stereocenters. The molecule has 0 amide bonds. The summed E-state index contributed by atoms with van der Waals surface area (Å²) < 4.78 is 22.9. The summed E-state index contributed by atoms with van der Waals surface area (Å²) in [5, 5.41) is 10.2. The first-order chi connectivity index (χ1) is 13.8. The lowest BCUT2D eigenvalue weighted by molar-refractivity contribution is -0.168. The Morgan fingerprint density at radius 1 is 1.28 bits per heavy atom. The van der Waals surface area contributed by atoms with E-state index < -0.39 is 17.7 Å². The summed E-state index contributed by atoms with van der Waals surface area (Å²) in [7, 11) is 1.61. The van der Waals surface area contributed by atoms with E-state index in [2.05, 4.69) is 17.0 Å². The van der Waals surface area contributed by atoms with Crippen molar-refractivity contribution in [2.75, 3.05) is 27.0 Å². The summed E-state index contributed by atoms with van der Waals surface area (Å²) in [6, 6.07) is 4.11. The number of methoxy groups -OCH3 is 1. The molecule has 5 rings (SSSR count). The smallest absolute Gasteiger partial charge is 0.338 e. The highest BCUT2D eigenvalue weighted by Gasteiger charge is 2.58. The molecule has 156 valence electrons. The average Bonchev–Trinajstić information content (AvgIpc) is 3.35. The molecule has 0 aromatic heterocycles. The molecule has 1 aromatic rings. The minimum Gasteiger partial charge on any atom is -0.497 e. The number of carbonyl (C=O) groups excluding carboxylic acids is 1. The van der Waals surface area contributed by atoms with Gasteiger partial charge in [0.2, 0.25) is 6.79 Å². The van der Waals surface area contributed by atoms with Gasteiger partial charge in [-0.2, -0.15) is 0 Å². The fourth-order valence-corrected chi connectivity index (χ4v) is 5.35. The monoisotopic (exact) mass is 401 g/mol. The van der Waals surface area contributed by atoms with E-state index in [1.54, 1.807) is 7.11 Å². The second-order valence-electron chi connectivity index (χ2n) is 8.85. The zero-order valence-electron chi connectivity index (χ0n) is 17.1. The Morgan fingerprint density at radius 3 is 2.76 bits per heavy atom. The Balaban J connectivity index is 1.65. The number of nitrogens with zero attached hydrogens (tertiary/aromatic N) is 1. The van der Waals surface area contributed by atoms with Gasteiger partial charge in [-0.05, 0) is 69.0 Å². The molecule has 7 nitrogen and oxygen atoms in total. The average molecular weight is 401 g/mol. The van der Waals surface area contributed by atoms with Crippen molar-refractivity contribution in [2.45, 2.75) is 56.3 Å². The molecule has 0 bridgehead atoms. The third kappa shape index (κ3) is 2.74. The van der Waals surface area contributed by atoms with Gasteiger partial charge >= 0.3 is 5.97 Å². The number of esters is 1. The lowest BCUT2D eigenvalue weighted by Gasteiger charge is -2.39. The van der Waals surface area contributed by atoms with Crippen LogP contribution < -0.4 is 9.47 Å². The third-order valence-electron chi connectivity index (χ3n) is 6.70. The van der Waals surface area contributed by atoms with Crippen LogP contribution in [0, 0.1) is 0 Å². The Morgan fingerprint density at radius 2 is 2.03 bits per heavy atom. The predicted octanol–water partition coefficient (Wildman–Crippen LogP) is 2.12. The Bertz CT molecular complexity index is 888. The summed E-state index contributed by atoms with van der Waals surface area (Å²) >= 11 is 0. The van der Waals surface area contributed by atoms with Crippen molar-refractivity contribution in [3.63, 3.8) is 0 Å². The van der Waals surface area contributed by atoms with E-state index in [9.17, 15) is 9.90 Å². The van der Waals surface area contributed by atoms with Crippen LogP contribution in [0.5, 0.6) is 11.5 Å². The van der Waals surface area contributed by atoms with Gasteiger partial charge in [-0.1, -0.05) is 0 Å². The van der Waals surface area contributed by atoms with E-state index in [1.807, 2.05) is 6.07 Å². The van der Waals surface area contributed by atoms with Crippen molar-refractivity contribution < 1.29 is 28.8 Å². The first kappa shape index (κ1) is 18.8. The molecule has 1 aromatic carbocycles. The minimum atomic E-state index is -1.58. The fourth-order valence-electron chi connectivity index (χ4n) is 5.35. The third-order valence-corrected chi connectivity index (χ3v) is 6.70. The molecule has 0 saturated carbocycles. The molecule has 1 spiro atoms. The Hall–Kier alpha value is -2.25. The van der Waals surface area contributed by atoms with Crippen LogP contribution in [0.3, 0.4) is 0 Å². The van der Waals surface area contributed by atoms with Crippen molar-refractivity contribution >= 4 is 5.97 Å². The lowest BCUT2D eigenvalue weighted by Crippen LogP contribution is -2.48. The van der Waals surface area contributed by atoms with Crippen LogP contribution in [-0.2, 0) is 20.7 Å². The zero-order chi connectivity index (χ0) is 20.4. The van der Waals surface area contributed by atoms with Crippen LogP contribution in [0.2, 0.25) is 0 Å². The predicted molar refractivity (Wildman–Crippen MR) is 104 cm³/mol. The van der Waals surface area contributed by atoms with Crippen LogP contribution in [0.1, 0.15) is 43.7 Å². The van der Waals surface area contributed by atoms with Crippen LogP contribution in [-0.4, -0.2) is 60.2 Å². The Kier molecular flexibility index (Phi) is 4.12. The second kappa shape index (κ2) is 6.37. The van der Waals surface area contributed by atoms with E-state index in [4.69, 9.17) is 18.9 Å². The largest absolute Gasteiger partial charge is 0.497 e. The lowest BCUT2D eigenvalue weighted by atomic mass is 9.77. The highest BCUT2D eigenvalue weighted by Crippen LogP contribution is 2.55. The first-order valence-corrected chi connectivity index (χ1v) is 10.2. The van der Waals surface area contributed by atoms with E-state index >= 15 is 0 Å². The van der Waals surface area contributed by atoms with Gasteiger partial charge in [0.1, 0.15) is 5.76 Å². The number of fused-ring (bicyclic) bond motifs is 3.